The summed E-state index contributed by atoms with van der Waals surface area (Å²) in [5.74, 6) is 1.81. The van der Waals surface area contributed by atoms with E-state index in [4.69, 9.17) is 9.26 Å². The molecule has 10 heteroatoms. The number of hydrogen-bond donors (Lipinski definition) is 3. The second-order valence-corrected chi connectivity index (χ2v) is 7.35. The van der Waals surface area contributed by atoms with E-state index in [2.05, 4.69) is 31.1 Å². The maximum absolute atomic E-state index is 11.9. The molecule has 150 valence electrons. The minimum Gasteiger partial charge on any atom is -0.444 e. The molecule has 1 rings (SSSR count). The highest BCUT2D eigenvalue weighted by Gasteiger charge is 2.24. The Bertz CT molecular complexity index is 595. The third-order valence-corrected chi connectivity index (χ3v) is 2.96. The van der Waals surface area contributed by atoms with Gasteiger partial charge >= 0.3 is 6.09 Å². The van der Waals surface area contributed by atoms with Crippen LogP contribution in [0.3, 0.4) is 0 Å². The number of ether oxygens (including phenoxy) is 1. The van der Waals surface area contributed by atoms with Crippen LogP contribution in [-0.2, 0) is 11.2 Å². The van der Waals surface area contributed by atoms with Crippen molar-refractivity contribution in [3.05, 3.63) is 11.7 Å². The van der Waals surface area contributed by atoms with Gasteiger partial charge in [-0.1, -0.05) is 5.16 Å². The van der Waals surface area contributed by atoms with Gasteiger partial charge in [-0.05, 0) is 41.5 Å². The monoisotopic (exact) mass is 482 g/mol. The van der Waals surface area contributed by atoms with Crippen LogP contribution in [0.4, 0.5) is 4.79 Å². The van der Waals surface area contributed by atoms with Crippen molar-refractivity contribution in [2.24, 2.45) is 4.99 Å². The number of guanidine groups is 1. The zero-order valence-electron chi connectivity index (χ0n) is 16.6. The highest BCUT2D eigenvalue weighted by molar-refractivity contribution is 14.0. The second kappa shape index (κ2) is 10.5. The number of carbonyl (C=O) groups is 1. The molecule has 1 aromatic heterocycles. The standard InChI is InChI=1S/C16H30N6O3.HI/c1-11-20-12(25-22-11)8-9-18-13(17-7)19-10-16(5,6)21-14(23)24-15(2,3)4;/h8-10H2,1-7H3,(H,21,23)(H2,17,18,19);1H. The Morgan fingerprint density at radius 2 is 1.88 bits per heavy atom. The number of nitrogens with zero attached hydrogens (tertiary/aromatic N) is 3. The molecule has 0 aromatic carbocycles. The van der Waals surface area contributed by atoms with E-state index in [9.17, 15) is 4.79 Å². The van der Waals surface area contributed by atoms with Crippen molar-refractivity contribution in [3.63, 3.8) is 0 Å². The minimum absolute atomic E-state index is 0. The molecule has 1 amide bonds. The first kappa shape index (κ1) is 24.4. The zero-order valence-corrected chi connectivity index (χ0v) is 18.9. The number of rotatable bonds is 6. The molecule has 0 unspecified atom stereocenters. The fourth-order valence-electron chi connectivity index (χ4n) is 1.88. The van der Waals surface area contributed by atoms with Crippen molar-refractivity contribution in [1.29, 1.82) is 0 Å². The van der Waals surface area contributed by atoms with Crippen molar-refractivity contribution >= 4 is 36.0 Å². The topological polar surface area (TPSA) is 114 Å². The Hall–Kier alpha value is -1.59. The van der Waals surface area contributed by atoms with Crippen LogP contribution in [0, 0.1) is 6.92 Å². The molecule has 1 heterocycles. The molecule has 0 bridgehead atoms. The molecule has 1 aromatic rings. The second-order valence-electron chi connectivity index (χ2n) is 7.35. The van der Waals surface area contributed by atoms with Gasteiger partial charge in [0, 0.05) is 26.6 Å². The predicted molar refractivity (Wildman–Crippen MR) is 111 cm³/mol. The Morgan fingerprint density at radius 1 is 1.23 bits per heavy atom. The lowest BCUT2D eigenvalue weighted by atomic mass is 10.1. The van der Waals surface area contributed by atoms with E-state index >= 15 is 0 Å². The minimum atomic E-state index is -0.529. The van der Waals surface area contributed by atoms with Gasteiger partial charge in [-0.25, -0.2) is 4.79 Å². The van der Waals surface area contributed by atoms with Gasteiger partial charge in [0.2, 0.25) is 5.89 Å². The molecule has 3 N–H and O–H groups in total. The van der Waals surface area contributed by atoms with Crippen LogP contribution in [0.25, 0.3) is 0 Å². The highest BCUT2D eigenvalue weighted by Crippen LogP contribution is 2.09. The van der Waals surface area contributed by atoms with E-state index in [-0.39, 0.29) is 24.0 Å². The van der Waals surface area contributed by atoms with Crippen molar-refractivity contribution in [1.82, 2.24) is 26.1 Å². The lowest BCUT2D eigenvalue weighted by Gasteiger charge is -2.29. The Balaban J connectivity index is 0.00000625. The first-order valence-corrected chi connectivity index (χ1v) is 8.25. The van der Waals surface area contributed by atoms with Gasteiger partial charge in [0.25, 0.3) is 0 Å². The van der Waals surface area contributed by atoms with E-state index in [0.29, 0.717) is 37.2 Å². The summed E-state index contributed by atoms with van der Waals surface area (Å²) >= 11 is 0. The fourth-order valence-corrected chi connectivity index (χ4v) is 1.88. The number of carbonyl (C=O) groups excluding carboxylic acids is 1. The lowest BCUT2D eigenvalue weighted by molar-refractivity contribution is 0.0474. The summed E-state index contributed by atoms with van der Waals surface area (Å²) in [7, 11) is 1.68. The van der Waals surface area contributed by atoms with Crippen LogP contribution in [0.1, 0.15) is 46.3 Å². The molecule has 9 nitrogen and oxygen atoms in total. The average Bonchev–Trinajstić information content (AvgIpc) is 2.85. The maximum atomic E-state index is 11.9. The Morgan fingerprint density at radius 3 is 2.38 bits per heavy atom. The zero-order chi connectivity index (χ0) is 19.1. The summed E-state index contributed by atoms with van der Waals surface area (Å²) in [4.78, 5) is 20.2. The number of alkyl carbamates (subject to hydrolysis) is 1. The van der Waals surface area contributed by atoms with Crippen molar-refractivity contribution in [2.45, 2.75) is 59.1 Å². The van der Waals surface area contributed by atoms with E-state index in [1.807, 2.05) is 34.6 Å². The normalized spacial score (nSPS) is 12.2. The summed E-state index contributed by atoms with van der Waals surface area (Å²) in [6.07, 6.45) is 0.148. The molecule has 0 spiro atoms. The number of aromatic nitrogens is 2. The van der Waals surface area contributed by atoms with E-state index < -0.39 is 17.2 Å². The van der Waals surface area contributed by atoms with E-state index in [0.717, 1.165) is 0 Å². The Kier molecular flexibility index (Phi) is 9.89. The van der Waals surface area contributed by atoms with Crippen LogP contribution in [0.2, 0.25) is 0 Å². The van der Waals surface area contributed by atoms with Gasteiger partial charge in [-0.3, -0.25) is 4.99 Å². The Labute approximate surface area is 172 Å². The quantitative estimate of drug-likeness (QED) is 0.323. The molecule has 0 radical (unpaired) electrons. The molecule has 0 fully saturated rings. The molecule has 0 aliphatic rings. The molecule has 0 saturated carbocycles. The largest absolute Gasteiger partial charge is 0.444 e. The van der Waals surface area contributed by atoms with Crippen LogP contribution in [0.15, 0.2) is 9.52 Å². The van der Waals surface area contributed by atoms with Gasteiger partial charge in [-0.2, -0.15) is 4.98 Å². The van der Waals surface area contributed by atoms with Gasteiger partial charge < -0.3 is 25.2 Å². The van der Waals surface area contributed by atoms with Crippen molar-refractivity contribution in [2.75, 3.05) is 20.1 Å². The van der Waals surface area contributed by atoms with Crippen LogP contribution in [0.5, 0.6) is 0 Å². The first-order chi connectivity index (χ1) is 11.5. The third kappa shape index (κ3) is 10.4. The molecule has 26 heavy (non-hydrogen) atoms. The smallest absolute Gasteiger partial charge is 0.408 e. The number of aryl methyl sites for hydroxylation is 1. The average molecular weight is 482 g/mol. The number of aliphatic imine (C=N–C) groups is 1. The number of nitrogens with one attached hydrogen (secondary N) is 3. The molecule has 0 aliphatic carbocycles. The molecule has 0 saturated heterocycles. The molecule has 0 atom stereocenters. The first-order valence-electron chi connectivity index (χ1n) is 8.25. The van der Waals surface area contributed by atoms with Gasteiger partial charge in [0.15, 0.2) is 11.8 Å². The molecular weight excluding hydrogens is 451 g/mol. The van der Waals surface area contributed by atoms with Crippen molar-refractivity contribution in [3.8, 4) is 0 Å². The lowest BCUT2D eigenvalue weighted by Crippen LogP contribution is -2.54. The summed E-state index contributed by atoms with van der Waals surface area (Å²) in [6.45, 7) is 12.1. The number of hydrogen-bond acceptors (Lipinski definition) is 6. The SMILES string of the molecule is CN=C(NCCc1nc(C)no1)NCC(C)(C)NC(=O)OC(C)(C)C.I. The van der Waals surface area contributed by atoms with Crippen LogP contribution >= 0.6 is 24.0 Å². The number of halogens is 1. The molecule has 0 aliphatic heterocycles. The third-order valence-electron chi connectivity index (χ3n) is 2.96. The number of amides is 1. The molecular formula is C16H31IN6O3. The van der Waals surface area contributed by atoms with Crippen LogP contribution < -0.4 is 16.0 Å². The van der Waals surface area contributed by atoms with E-state index in [1.54, 1.807) is 14.0 Å². The summed E-state index contributed by atoms with van der Waals surface area (Å²) in [5.41, 5.74) is -1.04. The fraction of sp³-hybridized carbons (Fsp3) is 0.750. The van der Waals surface area contributed by atoms with Gasteiger partial charge in [0.05, 0.1) is 5.54 Å². The van der Waals surface area contributed by atoms with Crippen molar-refractivity contribution < 1.29 is 14.1 Å². The van der Waals surface area contributed by atoms with E-state index in [1.165, 1.54) is 0 Å². The van der Waals surface area contributed by atoms with Gasteiger partial charge in [-0.15, -0.1) is 24.0 Å². The van der Waals surface area contributed by atoms with Gasteiger partial charge in [0.1, 0.15) is 5.60 Å². The summed E-state index contributed by atoms with van der Waals surface area (Å²) in [5, 5.41) is 12.9. The predicted octanol–water partition coefficient (Wildman–Crippen LogP) is 2.01. The summed E-state index contributed by atoms with van der Waals surface area (Å²) in [6, 6.07) is 0. The maximum Gasteiger partial charge on any atom is 0.408 e. The summed E-state index contributed by atoms with van der Waals surface area (Å²) < 4.78 is 10.3. The highest BCUT2D eigenvalue weighted by atomic mass is 127. The van der Waals surface area contributed by atoms with Crippen LogP contribution in [-0.4, -0.2) is 53.5 Å².